The van der Waals surface area contributed by atoms with Crippen LogP contribution in [0.25, 0.3) is 0 Å². The highest BCUT2D eigenvalue weighted by molar-refractivity contribution is 5.60. The average Bonchev–Trinajstić information content (AvgIpc) is 2.83. The summed E-state index contributed by atoms with van der Waals surface area (Å²) in [7, 11) is 3.14. The van der Waals surface area contributed by atoms with E-state index < -0.39 is 11.3 Å². The zero-order valence-electron chi connectivity index (χ0n) is 19.8. The van der Waals surface area contributed by atoms with E-state index in [1.165, 1.54) is 0 Å². The molecule has 0 radical (unpaired) electrons. The number of benzene rings is 1. The molecule has 1 aliphatic carbocycles. The zero-order valence-corrected chi connectivity index (χ0v) is 19.8. The molecular weight excluding hydrogens is 418 g/mol. The van der Waals surface area contributed by atoms with E-state index in [-0.39, 0.29) is 29.8 Å². The van der Waals surface area contributed by atoms with Gasteiger partial charge in [-0.3, -0.25) is 4.90 Å². The lowest BCUT2D eigenvalue weighted by Gasteiger charge is -2.46. The van der Waals surface area contributed by atoms with Gasteiger partial charge in [0, 0.05) is 49.2 Å². The van der Waals surface area contributed by atoms with Crippen molar-refractivity contribution in [3.05, 3.63) is 46.7 Å². The van der Waals surface area contributed by atoms with Crippen molar-refractivity contribution < 1.29 is 14.6 Å². The number of nitrogens with two attached hydrogens (primary N) is 1. The molecule has 0 aromatic heterocycles. The number of nitrogens with zero attached hydrogens (tertiary/aromatic N) is 4. The minimum absolute atomic E-state index is 0.0124. The summed E-state index contributed by atoms with van der Waals surface area (Å²) in [6.45, 7) is 7.35. The minimum Gasteiger partial charge on any atom is -0.497 e. The van der Waals surface area contributed by atoms with E-state index in [1.54, 1.807) is 27.2 Å². The first kappa shape index (κ1) is 25.7. The molecule has 174 valence electrons. The molecule has 1 aromatic rings. The summed E-state index contributed by atoms with van der Waals surface area (Å²) in [4.78, 5) is 2.26. The molecule has 2 aliphatic rings. The summed E-state index contributed by atoms with van der Waals surface area (Å²) >= 11 is 0. The third-order valence-corrected chi connectivity index (χ3v) is 6.18. The summed E-state index contributed by atoms with van der Waals surface area (Å²) in [6.07, 6.45) is 1.94. The highest BCUT2D eigenvalue weighted by Gasteiger charge is 2.53. The van der Waals surface area contributed by atoms with Crippen LogP contribution in [0, 0.1) is 45.3 Å². The Bertz CT molecular complexity index is 1040. The lowest BCUT2D eigenvalue weighted by Crippen LogP contribution is -2.48. The molecule has 0 amide bonds. The second-order valence-corrected chi connectivity index (χ2v) is 8.13. The second kappa shape index (κ2) is 10.9. The topological polar surface area (TPSA) is 139 Å². The Morgan fingerprint density at radius 3 is 2.33 bits per heavy atom. The third kappa shape index (κ3) is 4.52. The Labute approximate surface area is 195 Å². The summed E-state index contributed by atoms with van der Waals surface area (Å²) in [5.41, 5.74) is 6.44. The Morgan fingerprint density at radius 2 is 1.85 bits per heavy atom. The van der Waals surface area contributed by atoms with Crippen molar-refractivity contribution in [2.75, 3.05) is 33.9 Å². The maximum atomic E-state index is 10.0. The predicted octanol–water partition coefficient (Wildman–Crippen LogP) is 2.84. The molecule has 3 N–H and O–H groups in total. The molecule has 8 nitrogen and oxygen atoms in total. The van der Waals surface area contributed by atoms with E-state index in [1.807, 2.05) is 18.2 Å². The number of aliphatic hydroxyl groups excluding tert-OH is 1. The van der Waals surface area contributed by atoms with E-state index in [0.717, 1.165) is 5.56 Å². The van der Waals surface area contributed by atoms with Crippen LogP contribution in [0.3, 0.4) is 0 Å². The summed E-state index contributed by atoms with van der Waals surface area (Å²) in [6, 6.07) is 12.1. The number of rotatable bonds is 4. The average molecular weight is 450 g/mol. The van der Waals surface area contributed by atoms with Crippen LogP contribution in [0.2, 0.25) is 0 Å². The van der Waals surface area contributed by atoms with Gasteiger partial charge in [-0.1, -0.05) is 12.1 Å². The molecule has 1 aromatic carbocycles. The molecular formula is C25H31N5O3. The number of aliphatic hydroxyl groups is 1. The van der Waals surface area contributed by atoms with Crippen LogP contribution in [0.5, 0.6) is 11.5 Å². The van der Waals surface area contributed by atoms with Crippen molar-refractivity contribution in [3.63, 3.8) is 0 Å². The van der Waals surface area contributed by atoms with E-state index in [0.29, 0.717) is 30.2 Å². The number of nitriles is 3. The highest BCUT2D eigenvalue weighted by atomic mass is 16.5. The van der Waals surface area contributed by atoms with Gasteiger partial charge in [0.25, 0.3) is 0 Å². The summed E-state index contributed by atoms with van der Waals surface area (Å²) in [5, 5.41) is 37.6. The van der Waals surface area contributed by atoms with Gasteiger partial charge in [0.05, 0.1) is 43.7 Å². The quantitative estimate of drug-likeness (QED) is 0.669. The summed E-state index contributed by atoms with van der Waals surface area (Å²) < 4.78 is 10.9. The van der Waals surface area contributed by atoms with Gasteiger partial charge < -0.3 is 20.3 Å². The number of hydrogen-bond acceptors (Lipinski definition) is 8. The molecule has 2 atom stereocenters. The van der Waals surface area contributed by atoms with E-state index in [9.17, 15) is 15.8 Å². The molecule has 0 fully saturated rings. The lowest BCUT2D eigenvalue weighted by molar-refractivity contribution is 0.185. The molecule has 0 spiro atoms. The Morgan fingerprint density at radius 1 is 1.21 bits per heavy atom. The monoisotopic (exact) mass is 449 g/mol. The molecule has 33 heavy (non-hydrogen) atoms. The number of allylic oxidation sites excluding steroid dienone is 2. The predicted molar refractivity (Wildman–Crippen MR) is 124 cm³/mol. The van der Waals surface area contributed by atoms with Crippen LogP contribution in [0.1, 0.15) is 32.3 Å². The first-order chi connectivity index (χ1) is 15.8. The molecule has 1 heterocycles. The van der Waals surface area contributed by atoms with E-state index in [4.69, 9.17) is 20.3 Å². The van der Waals surface area contributed by atoms with Crippen LogP contribution in [0.4, 0.5) is 0 Å². The zero-order chi connectivity index (χ0) is 24.8. The van der Waals surface area contributed by atoms with Crippen LogP contribution in [-0.2, 0) is 0 Å². The molecule has 0 bridgehead atoms. The normalized spacial score (nSPS) is 21.4. The fourth-order valence-electron chi connectivity index (χ4n) is 4.51. The smallest absolute Gasteiger partial charge is 0.204 e. The SMILES string of the molecule is CCO.COc1ccc(C2C(C#N)=C(N)C(C#N)(C#N)C3=CCN(C(C)C)CC32)c(OC)c1. The van der Waals surface area contributed by atoms with Gasteiger partial charge in [-0.05, 0) is 32.4 Å². The fraction of sp³-hybridized carbons (Fsp3) is 0.480. The maximum Gasteiger partial charge on any atom is 0.204 e. The number of methoxy groups -OCH3 is 2. The van der Waals surface area contributed by atoms with Crippen LogP contribution < -0.4 is 15.2 Å². The van der Waals surface area contributed by atoms with Crippen molar-refractivity contribution in [2.24, 2.45) is 17.1 Å². The van der Waals surface area contributed by atoms with E-state index >= 15 is 0 Å². The van der Waals surface area contributed by atoms with Gasteiger partial charge in [0.2, 0.25) is 5.41 Å². The Hall–Kier alpha value is -3.51. The molecule has 1 aliphatic heterocycles. The third-order valence-electron chi connectivity index (χ3n) is 6.18. The van der Waals surface area contributed by atoms with Gasteiger partial charge in [0.15, 0.2) is 0 Å². The van der Waals surface area contributed by atoms with Crippen LogP contribution in [-0.4, -0.2) is 50.0 Å². The number of ether oxygens (including phenoxy) is 2. The van der Waals surface area contributed by atoms with Crippen molar-refractivity contribution in [3.8, 4) is 29.7 Å². The first-order valence-corrected chi connectivity index (χ1v) is 10.8. The van der Waals surface area contributed by atoms with Gasteiger partial charge >= 0.3 is 0 Å². The van der Waals surface area contributed by atoms with Crippen molar-refractivity contribution >= 4 is 0 Å². The standard InChI is InChI=1S/C23H25N5O2.C2H6O/c1-14(2)28-8-7-19-18(11-28)21(16-6-5-15(29-3)9-20(16)30-4)17(10-24)22(27)23(19,12-25)13-26;1-2-3/h5-7,9,14,18,21H,8,11,27H2,1-4H3;3H,2H2,1H3. The molecule has 2 unspecified atom stereocenters. The van der Waals surface area contributed by atoms with Gasteiger partial charge in [-0.2, -0.15) is 15.8 Å². The maximum absolute atomic E-state index is 10.0. The Kier molecular flexibility index (Phi) is 8.49. The highest BCUT2D eigenvalue weighted by Crippen LogP contribution is 2.54. The number of fused-ring (bicyclic) bond motifs is 1. The van der Waals surface area contributed by atoms with Crippen LogP contribution in [0.15, 0.2) is 41.1 Å². The van der Waals surface area contributed by atoms with Gasteiger partial charge in [0.1, 0.15) is 11.5 Å². The van der Waals surface area contributed by atoms with E-state index in [2.05, 4.69) is 37.0 Å². The number of hydrogen-bond donors (Lipinski definition) is 2. The Balaban J connectivity index is 0.00000122. The van der Waals surface area contributed by atoms with Crippen LogP contribution >= 0.6 is 0 Å². The summed E-state index contributed by atoms with van der Waals surface area (Å²) in [5.74, 6) is 0.513. The van der Waals surface area contributed by atoms with Gasteiger partial charge in [-0.15, -0.1) is 0 Å². The molecule has 3 rings (SSSR count). The molecule has 0 saturated carbocycles. The van der Waals surface area contributed by atoms with Crippen molar-refractivity contribution in [2.45, 2.75) is 32.7 Å². The van der Waals surface area contributed by atoms with Gasteiger partial charge in [-0.25, -0.2) is 0 Å². The fourth-order valence-corrected chi connectivity index (χ4v) is 4.51. The molecule has 0 saturated heterocycles. The van der Waals surface area contributed by atoms with Crippen molar-refractivity contribution in [1.29, 1.82) is 15.8 Å². The second-order valence-electron chi connectivity index (χ2n) is 8.13. The minimum atomic E-state index is -1.63. The largest absolute Gasteiger partial charge is 0.497 e. The van der Waals surface area contributed by atoms with Crippen molar-refractivity contribution in [1.82, 2.24) is 4.90 Å². The lowest BCUT2D eigenvalue weighted by atomic mass is 9.59. The first-order valence-electron chi connectivity index (χ1n) is 10.8. The molecule has 8 heteroatoms.